The van der Waals surface area contributed by atoms with E-state index in [1.807, 2.05) is 44.2 Å². The minimum absolute atomic E-state index is 0.443. The van der Waals surface area contributed by atoms with Gasteiger partial charge in [0.15, 0.2) is 0 Å². The molecule has 19 heavy (non-hydrogen) atoms. The first-order chi connectivity index (χ1) is 9.10. The van der Waals surface area contributed by atoms with Crippen LogP contribution in [0.1, 0.15) is 16.7 Å². The molecule has 0 aliphatic heterocycles. The van der Waals surface area contributed by atoms with Crippen molar-refractivity contribution in [2.45, 2.75) is 20.5 Å². The summed E-state index contributed by atoms with van der Waals surface area (Å²) < 4.78 is 11.1. The van der Waals surface area contributed by atoms with Crippen molar-refractivity contribution in [3.05, 3.63) is 53.1 Å². The SMILES string of the molecule is COc1ccc(C)cc1COc1cc(C)ccc1N. The van der Waals surface area contributed by atoms with Crippen LogP contribution in [0.2, 0.25) is 0 Å². The molecule has 0 bridgehead atoms. The second-order valence-corrected chi connectivity index (χ2v) is 4.65. The minimum atomic E-state index is 0.443. The van der Waals surface area contributed by atoms with Crippen LogP contribution in [-0.2, 0) is 6.61 Å². The lowest BCUT2D eigenvalue weighted by Gasteiger charge is -2.13. The third kappa shape index (κ3) is 3.19. The molecule has 2 aromatic rings. The Bertz CT molecular complexity index is 579. The lowest BCUT2D eigenvalue weighted by atomic mass is 10.1. The Morgan fingerprint density at radius 3 is 2.37 bits per heavy atom. The molecule has 100 valence electrons. The van der Waals surface area contributed by atoms with Crippen molar-refractivity contribution in [3.63, 3.8) is 0 Å². The number of rotatable bonds is 4. The van der Waals surface area contributed by atoms with Crippen LogP contribution in [0.5, 0.6) is 11.5 Å². The Kier molecular flexibility index (Phi) is 3.95. The van der Waals surface area contributed by atoms with Crippen LogP contribution in [0, 0.1) is 13.8 Å². The van der Waals surface area contributed by atoms with Crippen molar-refractivity contribution < 1.29 is 9.47 Å². The van der Waals surface area contributed by atoms with E-state index in [2.05, 4.69) is 6.07 Å². The van der Waals surface area contributed by atoms with Crippen molar-refractivity contribution in [1.29, 1.82) is 0 Å². The van der Waals surface area contributed by atoms with E-state index in [1.54, 1.807) is 7.11 Å². The van der Waals surface area contributed by atoms with Crippen LogP contribution in [0.25, 0.3) is 0 Å². The van der Waals surface area contributed by atoms with Gasteiger partial charge in [-0.2, -0.15) is 0 Å². The molecule has 0 atom stereocenters. The molecule has 0 radical (unpaired) electrons. The summed E-state index contributed by atoms with van der Waals surface area (Å²) in [7, 11) is 1.66. The Morgan fingerprint density at radius 2 is 1.63 bits per heavy atom. The third-order valence-electron chi connectivity index (χ3n) is 2.99. The highest BCUT2D eigenvalue weighted by Gasteiger charge is 2.06. The summed E-state index contributed by atoms with van der Waals surface area (Å²) in [4.78, 5) is 0. The average molecular weight is 257 g/mol. The predicted octanol–water partition coefficient (Wildman–Crippen LogP) is 3.47. The van der Waals surface area contributed by atoms with E-state index in [0.717, 1.165) is 16.9 Å². The van der Waals surface area contributed by atoms with Gasteiger partial charge in [0.25, 0.3) is 0 Å². The second kappa shape index (κ2) is 5.65. The lowest BCUT2D eigenvalue weighted by Crippen LogP contribution is -2.01. The van der Waals surface area contributed by atoms with Gasteiger partial charge in [-0.15, -0.1) is 0 Å². The summed E-state index contributed by atoms with van der Waals surface area (Å²) in [6.45, 7) is 4.50. The van der Waals surface area contributed by atoms with Crippen molar-refractivity contribution in [2.75, 3.05) is 12.8 Å². The maximum atomic E-state index is 5.90. The molecule has 0 unspecified atom stereocenters. The molecule has 0 aromatic heterocycles. The maximum absolute atomic E-state index is 5.90. The Hall–Kier alpha value is -2.16. The van der Waals surface area contributed by atoms with E-state index in [1.165, 1.54) is 5.56 Å². The van der Waals surface area contributed by atoms with E-state index in [0.29, 0.717) is 18.0 Å². The van der Waals surface area contributed by atoms with Gasteiger partial charge in [0.05, 0.1) is 12.8 Å². The van der Waals surface area contributed by atoms with Crippen molar-refractivity contribution in [1.82, 2.24) is 0 Å². The highest BCUT2D eigenvalue weighted by molar-refractivity contribution is 5.54. The summed E-state index contributed by atoms with van der Waals surface area (Å²) >= 11 is 0. The van der Waals surface area contributed by atoms with Gasteiger partial charge in [-0.25, -0.2) is 0 Å². The zero-order valence-corrected chi connectivity index (χ0v) is 11.6. The number of hydrogen-bond acceptors (Lipinski definition) is 3. The molecular weight excluding hydrogens is 238 g/mol. The zero-order chi connectivity index (χ0) is 13.8. The fraction of sp³-hybridized carbons (Fsp3) is 0.250. The standard InChI is InChI=1S/C16H19NO2/c1-11-5-7-15(18-3)13(8-11)10-19-16-9-12(2)4-6-14(16)17/h4-9H,10,17H2,1-3H3. The molecule has 2 aromatic carbocycles. The topological polar surface area (TPSA) is 44.5 Å². The van der Waals surface area contributed by atoms with Crippen LogP contribution in [0.3, 0.4) is 0 Å². The van der Waals surface area contributed by atoms with Crippen LogP contribution >= 0.6 is 0 Å². The van der Waals surface area contributed by atoms with E-state index in [-0.39, 0.29) is 0 Å². The summed E-state index contributed by atoms with van der Waals surface area (Å²) in [5.74, 6) is 1.54. The maximum Gasteiger partial charge on any atom is 0.142 e. The molecule has 0 aliphatic rings. The van der Waals surface area contributed by atoms with Gasteiger partial charge in [0.1, 0.15) is 18.1 Å². The van der Waals surface area contributed by atoms with Gasteiger partial charge in [0, 0.05) is 5.56 Å². The number of ether oxygens (including phenoxy) is 2. The fourth-order valence-electron chi connectivity index (χ4n) is 1.94. The van der Waals surface area contributed by atoms with Crippen molar-refractivity contribution in [2.24, 2.45) is 0 Å². The van der Waals surface area contributed by atoms with Crippen molar-refractivity contribution >= 4 is 5.69 Å². The monoisotopic (exact) mass is 257 g/mol. The highest BCUT2D eigenvalue weighted by Crippen LogP contribution is 2.26. The van der Waals surface area contributed by atoms with E-state index in [4.69, 9.17) is 15.2 Å². The van der Waals surface area contributed by atoms with Crippen LogP contribution in [-0.4, -0.2) is 7.11 Å². The Balaban J connectivity index is 2.18. The largest absolute Gasteiger partial charge is 0.496 e. The number of aryl methyl sites for hydroxylation is 2. The van der Waals surface area contributed by atoms with Crippen LogP contribution in [0.4, 0.5) is 5.69 Å². The fourth-order valence-corrected chi connectivity index (χ4v) is 1.94. The number of nitrogen functional groups attached to an aromatic ring is 1. The molecule has 3 heteroatoms. The molecular formula is C16H19NO2. The van der Waals surface area contributed by atoms with Crippen LogP contribution < -0.4 is 15.2 Å². The van der Waals surface area contributed by atoms with Gasteiger partial charge in [0.2, 0.25) is 0 Å². The number of benzene rings is 2. The first-order valence-electron chi connectivity index (χ1n) is 6.22. The number of anilines is 1. The van der Waals surface area contributed by atoms with Gasteiger partial charge in [-0.1, -0.05) is 17.7 Å². The molecule has 0 saturated heterocycles. The van der Waals surface area contributed by atoms with E-state index < -0.39 is 0 Å². The molecule has 0 aliphatic carbocycles. The predicted molar refractivity (Wildman–Crippen MR) is 77.7 cm³/mol. The Labute approximate surface area is 114 Å². The van der Waals surface area contributed by atoms with Gasteiger partial charge in [-0.05, 0) is 43.7 Å². The van der Waals surface area contributed by atoms with Gasteiger partial charge >= 0.3 is 0 Å². The molecule has 0 amide bonds. The average Bonchev–Trinajstić information content (AvgIpc) is 2.40. The normalized spacial score (nSPS) is 10.3. The first-order valence-corrected chi connectivity index (χ1v) is 6.22. The first kappa shape index (κ1) is 13.3. The molecule has 0 fully saturated rings. The van der Waals surface area contributed by atoms with E-state index >= 15 is 0 Å². The Morgan fingerprint density at radius 1 is 0.947 bits per heavy atom. The molecule has 2 N–H and O–H groups in total. The zero-order valence-electron chi connectivity index (χ0n) is 11.6. The molecule has 0 saturated carbocycles. The van der Waals surface area contributed by atoms with Gasteiger partial charge in [-0.3, -0.25) is 0 Å². The van der Waals surface area contributed by atoms with Crippen LogP contribution in [0.15, 0.2) is 36.4 Å². The van der Waals surface area contributed by atoms with Crippen molar-refractivity contribution in [3.8, 4) is 11.5 Å². The molecule has 0 heterocycles. The summed E-state index contributed by atoms with van der Waals surface area (Å²) in [5, 5.41) is 0. The minimum Gasteiger partial charge on any atom is -0.496 e. The number of hydrogen-bond donors (Lipinski definition) is 1. The third-order valence-corrected chi connectivity index (χ3v) is 2.99. The highest BCUT2D eigenvalue weighted by atomic mass is 16.5. The summed E-state index contributed by atoms with van der Waals surface area (Å²) in [6, 6.07) is 11.8. The quantitative estimate of drug-likeness (QED) is 0.853. The number of nitrogens with two attached hydrogens (primary N) is 1. The number of methoxy groups -OCH3 is 1. The molecule has 0 spiro atoms. The molecule has 3 nitrogen and oxygen atoms in total. The summed E-state index contributed by atoms with van der Waals surface area (Å²) in [6.07, 6.45) is 0. The summed E-state index contributed by atoms with van der Waals surface area (Å²) in [5.41, 5.74) is 9.87. The van der Waals surface area contributed by atoms with Gasteiger partial charge < -0.3 is 15.2 Å². The second-order valence-electron chi connectivity index (χ2n) is 4.65. The lowest BCUT2D eigenvalue weighted by molar-refractivity contribution is 0.298. The van der Waals surface area contributed by atoms with E-state index in [9.17, 15) is 0 Å². The molecule has 2 rings (SSSR count). The smallest absolute Gasteiger partial charge is 0.142 e.